The third-order valence-electron chi connectivity index (χ3n) is 5.85. The zero-order valence-electron chi connectivity index (χ0n) is 20.5. The number of esters is 1. The summed E-state index contributed by atoms with van der Waals surface area (Å²) in [5.41, 5.74) is 1.98. The smallest absolute Gasteiger partial charge is 0.338 e. The molecule has 0 spiro atoms. The van der Waals surface area contributed by atoms with Gasteiger partial charge in [0.05, 0.1) is 24.9 Å². The molecule has 36 heavy (non-hydrogen) atoms. The molecule has 0 radical (unpaired) electrons. The van der Waals surface area contributed by atoms with Gasteiger partial charge in [-0.15, -0.1) is 11.3 Å². The zero-order valence-corrected chi connectivity index (χ0v) is 21.3. The number of ether oxygens (including phenoxy) is 2. The Balaban J connectivity index is 1.76. The van der Waals surface area contributed by atoms with Crippen molar-refractivity contribution in [3.63, 3.8) is 0 Å². The molecule has 186 valence electrons. The first-order chi connectivity index (χ1) is 17.2. The summed E-state index contributed by atoms with van der Waals surface area (Å²) in [4.78, 5) is 40.9. The quantitative estimate of drug-likeness (QED) is 0.197. The van der Waals surface area contributed by atoms with Gasteiger partial charge in [0.25, 0.3) is 11.7 Å². The minimum atomic E-state index is -0.814. The lowest BCUT2D eigenvalue weighted by Gasteiger charge is -2.24. The summed E-state index contributed by atoms with van der Waals surface area (Å²) in [5.74, 6) is -1.39. The van der Waals surface area contributed by atoms with Crippen molar-refractivity contribution in [2.24, 2.45) is 5.92 Å². The highest BCUT2D eigenvalue weighted by molar-refractivity contribution is 7.10. The van der Waals surface area contributed by atoms with Crippen LogP contribution in [-0.2, 0) is 14.3 Å². The second-order valence-corrected chi connectivity index (χ2v) is 9.89. The number of carbonyl (C=O) groups excluding carboxylic acids is 3. The summed E-state index contributed by atoms with van der Waals surface area (Å²) in [5, 5.41) is 13.1. The van der Waals surface area contributed by atoms with Crippen molar-refractivity contribution < 1.29 is 29.0 Å². The highest BCUT2D eigenvalue weighted by Gasteiger charge is 2.47. The molecule has 1 saturated heterocycles. The molecule has 1 amide bonds. The lowest BCUT2D eigenvalue weighted by Crippen LogP contribution is -2.29. The fourth-order valence-electron chi connectivity index (χ4n) is 4.08. The molecule has 0 saturated carbocycles. The van der Waals surface area contributed by atoms with Crippen LogP contribution in [-0.4, -0.2) is 36.5 Å². The Hall–Kier alpha value is -3.91. The maximum atomic E-state index is 13.2. The number of nitrogens with zero attached hydrogens (tertiary/aromatic N) is 1. The number of amides is 1. The molecule has 1 atom stereocenters. The summed E-state index contributed by atoms with van der Waals surface area (Å²) < 4.78 is 10.6. The third-order valence-corrected chi connectivity index (χ3v) is 6.78. The van der Waals surface area contributed by atoms with Gasteiger partial charge in [0.2, 0.25) is 0 Å². The third kappa shape index (κ3) is 4.77. The van der Waals surface area contributed by atoms with Crippen LogP contribution >= 0.6 is 11.3 Å². The Bertz CT molecular complexity index is 1320. The summed E-state index contributed by atoms with van der Waals surface area (Å²) >= 11 is 1.38. The number of hydrogen-bond acceptors (Lipinski definition) is 7. The van der Waals surface area contributed by atoms with Crippen LogP contribution < -0.4 is 9.64 Å². The number of aryl methyl sites for hydroxylation is 1. The number of benzene rings is 2. The van der Waals surface area contributed by atoms with E-state index in [-0.39, 0.29) is 17.3 Å². The Kier molecular flexibility index (Phi) is 7.26. The van der Waals surface area contributed by atoms with Crippen LogP contribution in [0.4, 0.5) is 5.69 Å². The lowest BCUT2D eigenvalue weighted by atomic mass is 9.98. The Labute approximate surface area is 213 Å². The van der Waals surface area contributed by atoms with Gasteiger partial charge < -0.3 is 14.6 Å². The van der Waals surface area contributed by atoms with E-state index in [0.29, 0.717) is 29.2 Å². The van der Waals surface area contributed by atoms with Crippen LogP contribution in [0.5, 0.6) is 5.75 Å². The SMILES string of the molecule is COc1ccc(/C(O)=C2/C(=O)C(=O)N(c3ccc(C(=O)OCC(C)C)cc3)C2c2cccs2)cc1C. The molecule has 2 aromatic carbocycles. The standard InChI is InChI=1S/C28H27NO6S/c1-16(2)15-35-28(33)18-7-10-20(11-8-18)29-24(22-6-5-13-36-22)23(26(31)27(29)32)25(30)19-9-12-21(34-4)17(3)14-19/h5-14,16,24,30H,15H2,1-4H3/b25-23-. The van der Waals surface area contributed by atoms with E-state index in [9.17, 15) is 19.5 Å². The van der Waals surface area contributed by atoms with Crippen LogP contribution in [0.15, 0.2) is 65.6 Å². The number of Topliss-reactive ketones (excluding diaryl/α,β-unsaturated/α-hetero) is 1. The van der Waals surface area contributed by atoms with Crippen molar-refractivity contribution in [3.8, 4) is 5.75 Å². The van der Waals surface area contributed by atoms with Gasteiger partial charge in [-0.05, 0) is 72.3 Å². The number of ketones is 1. The van der Waals surface area contributed by atoms with Gasteiger partial charge >= 0.3 is 5.97 Å². The molecule has 2 heterocycles. The molecular formula is C28H27NO6S. The molecule has 1 aromatic heterocycles. The highest BCUT2D eigenvalue weighted by Crippen LogP contribution is 2.43. The molecule has 0 bridgehead atoms. The van der Waals surface area contributed by atoms with E-state index >= 15 is 0 Å². The number of rotatable bonds is 7. The summed E-state index contributed by atoms with van der Waals surface area (Å²) in [6.07, 6.45) is 0. The van der Waals surface area contributed by atoms with Crippen molar-refractivity contribution in [2.45, 2.75) is 26.8 Å². The van der Waals surface area contributed by atoms with Gasteiger partial charge in [0.15, 0.2) is 0 Å². The second-order valence-electron chi connectivity index (χ2n) is 8.91. The van der Waals surface area contributed by atoms with E-state index in [4.69, 9.17) is 9.47 Å². The van der Waals surface area contributed by atoms with Gasteiger partial charge in [-0.1, -0.05) is 19.9 Å². The molecule has 1 unspecified atom stereocenters. The van der Waals surface area contributed by atoms with Crippen LogP contribution in [0.25, 0.3) is 5.76 Å². The average molecular weight is 506 g/mol. The summed E-state index contributed by atoms with van der Waals surface area (Å²) in [7, 11) is 1.56. The van der Waals surface area contributed by atoms with Crippen LogP contribution in [0.3, 0.4) is 0 Å². The summed E-state index contributed by atoms with van der Waals surface area (Å²) in [6, 6.07) is 14.2. The van der Waals surface area contributed by atoms with Gasteiger partial charge in [-0.3, -0.25) is 14.5 Å². The number of aliphatic hydroxyl groups excluding tert-OH is 1. The zero-order chi connectivity index (χ0) is 26.0. The van der Waals surface area contributed by atoms with Gasteiger partial charge in [-0.25, -0.2) is 4.79 Å². The normalized spacial score (nSPS) is 17.0. The topological polar surface area (TPSA) is 93.1 Å². The Morgan fingerprint density at radius 2 is 1.78 bits per heavy atom. The van der Waals surface area contributed by atoms with E-state index in [1.807, 2.05) is 38.3 Å². The van der Waals surface area contributed by atoms with Gasteiger partial charge in [-0.2, -0.15) is 0 Å². The second kappa shape index (κ2) is 10.4. The molecule has 1 fully saturated rings. The van der Waals surface area contributed by atoms with E-state index in [1.54, 1.807) is 49.6 Å². The first kappa shape index (κ1) is 25.2. The summed E-state index contributed by atoms with van der Waals surface area (Å²) in [6.45, 7) is 6.03. The largest absolute Gasteiger partial charge is 0.507 e. The minimum Gasteiger partial charge on any atom is -0.507 e. The van der Waals surface area contributed by atoms with Crippen LogP contribution in [0, 0.1) is 12.8 Å². The van der Waals surface area contributed by atoms with Crippen molar-refractivity contribution in [1.29, 1.82) is 0 Å². The molecule has 1 aliphatic heterocycles. The number of aliphatic hydroxyl groups is 1. The molecule has 8 heteroatoms. The molecule has 7 nitrogen and oxygen atoms in total. The highest BCUT2D eigenvalue weighted by atomic mass is 32.1. The van der Waals surface area contributed by atoms with Gasteiger partial charge in [0, 0.05) is 16.1 Å². The van der Waals surface area contributed by atoms with Crippen LogP contribution in [0.2, 0.25) is 0 Å². The Morgan fingerprint density at radius 1 is 1.08 bits per heavy atom. The van der Waals surface area contributed by atoms with E-state index < -0.39 is 23.7 Å². The molecule has 1 aliphatic rings. The van der Waals surface area contributed by atoms with Crippen LogP contribution in [0.1, 0.15) is 46.3 Å². The predicted octanol–water partition coefficient (Wildman–Crippen LogP) is 5.50. The van der Waals surface area contributed by atoms with E-state index in [2.05, 4.69) is 0 Å². The predicted molar refractivity (Wildman–Crippen MR) is 138 cm³/mol. The van der Waals surface area contributed by atoms with Crippen molar-refractivity contribution >= 4 is 40.4 Å². The fraction of sp³-hybridized carbons (Fsp3) is 0.250. The monoisotopic (exact) mass is 505 g/mol. The molecule has 4 rings (SSSR count). The molecule has 1 N–H and O–H groups in total. The van der Waals surface area contributed by atoms with Crippen molar-refractivity contribution in [2.75, 3.05) is 18.6 Å². The number of anilines is 1. The van der Waals surface area contributed by atoms with E-state index in [1.165, 1.54) is 16.2 Å². The molecule has 0 aliphatic carbocycles. The molecular weight excluding hydrogens is 478 g/mol. The first-order valence-electron chi connectivity index (χ1n) is 11.5. The average Bonchev–Trinajstić information content (AvgIpc) is 3.49. The lowest BCUT2D eigenvalue weighted by molar-refractivity contribution is -0.132. The fourth-order valence-corrected chi connectivity index (χ4v) is 4.90. The Morgan fingerprint density at radius 3 is 2.36 bits per heavy atom. The first-order valence-corrected chi connectivity index (χ1v) is 12.4. The van der Waals surface area contributed by atoms with Crippen molar-refractivity contribution in [3.05, 3.63) is 87.1 Å². The van der Waals surface area contributed by atoms with Gasteiger partial charge in [0.1, 0.15) is 17.6 Å². The molecule has 3 aromatic rings. The number of thiophene rings is 1. The number of carbonyl (C=O) groups is 3. The number of methoxy groups -OCH3 is 1. The minimum absolute atomic E-state index is 0.00689. The maximum Gasteiger partial charge on any atom is 0.338 e. The van der Waals surface area contributed by atoms with Crippen molar-refractivity contribution in [1.82, 2.24) is 0 Å². The maximum absolute atomic E-state index is 13.2. The number of hydrogen-bond donors (Lipinski definition) is 1. The van der Waals surface area contributed by atoms with E-state index in [0.717, 1.165) is 10.4 Å².